The van der Waals surface area contributed by atoms with Crippen molar-refractivity contribution in [3.63, 3.8) is 0 Å². The zero-order chi connectivity index (χ0) is 14.9. The van der Waals surface area contributed by atoms with Crippen LogP contribution in [0.25, 0.3) is 0 Å². The molecule has 1 aromatic carbocycles. The lowest BCUT2D eigenvalue weighted by atomic mass is 9.88. The second kappa shape index (κ2) is 5.09. The van der Waals surface area contributed by atoms with Gasteiger partial charge in [0.25, 0.3) is 0 Å². The Hall–Kier alpha value is -2.37. The molecule has 6 heteroatoms. The monoisotopic (exact) mass is 266 g/mol. The second-order valence-corrected chi connectivity index (χ2v) is 4.10. The van der Waals surface area contributed by atoms with E-state index in [4.69, 9.17) is 0 Å². The number of hydrogen-bond donors (Lipinski definition) is 2. The summed E-state index contributed by atoms with van der Waals surface area (Å²) in [6, 6.07) is 0. The largest absolute Gasteiger partial charge is 0.478 e. The van der Waals surface area contributed by atoms with Crippen LogP contribution >= 0.6 is 0 Å². The summed E-state index contributed by atoms with van der Waals surface area (Å²) in [6.07, 6.45) is 0. The topological polar surface area (TPSA) is 101 Å². The van der Waals surface area contributed by atoms with E-state index in [-0.39, 0.29) is 27.8 Å². The molecule has 0 bridgehead atoms. The van der Waals surface area contributed by atoms with E-state index in [0.717, 1.165) is 7.11 Å². The third-order valence-electron chi connectivity index (χ3n) is 3.13. The molecule has 0 spiro atoms. The fourth-order valence-electron chi connectivity index (χ4n) is 2.10. The predicted molar refractivity (Wildman–Crippen MR) is 65.9 cm³/mol. The average Bonchev–Trinajstić information content (AvgIpc) is 2.31. The van der Waals surface area contributed by atoms with E-state index in [1.54, 1.807) is 0 Å². The Morgan fingerprint density at radius 3 is 1.58 bits per heavy atom. The van der Waals surface area contributed by atoms with Crippen molar-refractivity contribution >= 4 is 17.9 Å². The van der Waals surface area contributed by atoms with Crippen molar-refractivity contribution in [2.45, 2.75) is 20.8 Å². The fourth-order valence-corrected chi connectivity index (χ4v) is 2.10. The number of carboxylic acids is 2. The van der Waals surface area contributed by atoms with Crippen LogP contribution in [0.1, 0.15) is 47.8 Å². The standard InChI is InChI=1S/C13H14O6/c1-5-6(2)9(12(16)17)10(13(18)19-4)7(3)8(5)11(14)15/h1-4H3,(H,14,15)(H,16,17). The van der Waals surface area contributed by atoms with Crippen LogP contribution < -0.4 is 0 Å². The minimum atomic E-state index is -1.29. The SMILES string of the molecule is COC(=O)c1c(C)c(C(=O)O)c(C)c(C)c1C(=O)O. The van der Waals surface area contributed by atoms with Gasteiger partial charge in [-0.05, 0) is 37.5 Å². The number of methoxy groups -OCH3 is 1. The summed E-state index contributed by atoms with van der Waals surface area (Å²) in [6.45, 7) is 4.38. The number of esters is 1. The highest BCUT2D eigenvalue weighted by atomic mass is 16.5. The fraction of sp³-hybridized carbons (Fsp3) is 0.308. The van der Waals surface area contributed by atoms with Crippen molar-refractivity contribution in [3.05, 3.63) is 33.4 Å². The van der Waals surface area contributed by atoms with Gasteiger partial charge in [0.2, 0.25) is 0 Å². The van der Waals surface area contributed by atoms with E-state index in [1.807, 2.05) is 0 Å². The molecule has 0 radical (unpaired) electrons. The van der Waals surface area contributed by atoms with E-state index in [9.17, 15) is 24.6 Å². The summed E-state index contributed by atoms with van der Waals surface area (Å²) in [7, 11) is 1.11. The molecule has 0 aliphatic carbocycles. The van der Waals surface area contributed by atoms with E-state index in [1.165, 1.54) is 20.8 Å². The van der Waals surface area contributed by atoms with Crippen molar-refractivity contribution in [1.82, 2.24) is 0 Å². The van der Waals surface area contributed by atoms with Gasteiger partial charge < -0.3 is 14.9 Å². The van der Waals surface area contributed by atoms with Gasteiger partial charge in [-0.2, -0.15) is 0 Å². The zero-order valence-corrected chi connectivity index (χ0v) is 11.0. The van der Waals surface area contributed by atoms with Crippen LogP contribution in [0.4, 0.5) is 0 Å². The molecule has 2 N–H and O–H groups in total. The molecule has 19 heavy (non-hydrogen) atoms. The lowest BCUT2D eigenvalue weighted by Crippen LogP contribution is -2.19. The molecule has 0 atom stereocenters. The Morgan fingerprint density at radius 2 is 1.21 bits per heavy atom. The molecule has 102 valence electrons. The number of rotatable bonds is 3. The maximum Gasteiger partial charge on any atom is 0.339 e. The Balaban J connectivity index is 3.91. The number of hydrogen-bond acceptors (Lipinski definition) is 4. The van der Waals surface area contributed by atoms with Gasteiger partial charge in [0, 0.05) is 0 Å². The molecule has 0 saturated heterocycles. The molecule has 0 aliphatic rings. The van der Waals surface area contributed by atoms with Crippen molar-refractivity contribution in [2.75, 3.05) is 7.11 Å². The minimum Gasteiger partial charge on any atom is -0.478 e. The van der Waals surface area contributed by atoms with Gasteiger partial charge in [-0.25, -0.2) is 14.4 Å². The van der Waals surface area contributed by atoms with Crippen molar-refractivity contribution in [3.8, 4) is 0 Å². The Bertz CT molecular complexity index is 586. The highest BCUT2D eigenvalue weighted by Gasteiger charge is 2.28. The van der Waals surface area contributed by atoms with Gasteiger partial charge in [0.1, 0.15) is 0 Å². The third-order valence-corrected chi connectivity index (χ3v) is 3.13. The third kappa shape index (κ3) is 2.29. The highest BCUT2D eigenvalue weighted by molar-refractivity contribution is 6.07. The Kier molecular flexibility index (Phi) is 3.94. The Morgan fingerprint density at radius 1 is 0.789 bits per heavy atom. The molecule has 1 rings (SSSR count). The molecular weight excluding hydrogens is 252 g/mol. The van der Waals surface area contributed by atoms with Crippen LogP contribution in [-0.4, -0.2) is 35.2 Å². The lowest BCUT2D eigenvalue weighted by molar-refractivity contribution is 0.0581. The molecule has 0 aliphatic heterocycles. The lowest BCUT2D eigenvalue weighted by Gasteiger charge is -2.16. The number of ether oxygens (including phenoxy) is 1. The zero-order valence-electron chi connectivity index (χ0n) is 11.0. The van der Waals surface area contributed by atoms with Crippen LogP contribution in [-0.2, 0) is 4.74 Å². The minimum absolute atomic E-state index is 0.0668. The average molecular weight is 266 g/mol. The maximum absolute atomic E-state index is 11.7. The summed E-state index contributed by atoms with van der Waals surface area (Å²) in [4.78, 5) is 34.3. The molecule has 0 saturated carbocycles. The van der Waals surface area contributed by atoms with Gasteiger partial charge in [0.05, 0.1) is 23.8 Å². The molecule has 0 heterocycles. The molecule has 1 aromatic rings. The smallest absolute Gasteiger partial charge is 0.339 e. The first kappa shape index (κ1) is 14.7. The molecule has 0 aromatic heterocycles. The number of aromatic carboxylic acids is 2. The van der Waals surface area contributed by atoms with E-state index >= 15 is 0 Å². The number of carbonyl (C=O) groups excluding carboxylic acids is 1. The van der Waals surface area contributed by atoms with E-state index in [0.29, 0.717) is 5.56 Å². The van der Waals surface area contributed by atoms with Crippen LogP contribution in [0.15, 0.2) is 0 Å². The summed E-state index contributed by atoms with van der Waals surface area (Å²) in [5.74, 6) is -3.36. The molecule has 0 amide bonds. The van der Waals surface area contributed by atoms with Crippen molar-refractivity contribution in [1.29, 1.82) is 0 Å². The molecular formula is C13H14O6. The Labute approximate surface area is 109 Å². The van der Waals surface area contributed by atoms with Gasteiger partial charge in [-0.3, -0.25) is 0 Å². The first-order valence-electron chi connectivity index (χ1n) is 5.42. The predicted octanol–water partition coefficient (Wildman–Crippen LogP) is 1.79. The normalized spacial score (nSPS) is 10.1. The van der Waals surface area contributed by atoms with Gasteiger partial charge in [-0.1, -0.05) is 0 Å². The summed E-state index contributed by atoms with van der Waals surface area (Å²) in [5.41, 5.74) is 0.177. The number of benzene rings is 1. The summed E-state index contributed by atoms with van der Waals surface area (Å²) < 4.78 is 4.54. The van der Waals surface area contributed by atoms with Crippen LogP contribution in [0.3, 0.4) is 0 Å². The quantitative estimate of drug-likeness (QED) is 0.809. The highest BCUT2D eigenvalue weighted by Crippen LogP contribution is 2.28. The van der Waals surface area contributed by atoms with Crippen molar-refractivity contribution < 1.29 is 29.3 Å². The van der Waals surface area contributed by atoms with Gasteiger partial charge >= 0.3 is 17.9 Å². The molecule has 0 unspecified atom stereocenters. The van der Waals surface area contributed by atoms with Crippen LogP contribution in [0.5, 0.6) is 0 Å². The van der Waals surface area contributed by atoms with Gasteiger partial charge in [-0.15, -0.1) is 0 Å². The first-order valence-corrected chi connectivity index (χ1v) is 5.42. The van der Waals surface area contributed by atoms with E-state index < -0.39 is 17.9 Å². The van der Waals surface area contributed by atoms with Crippen molar-refractivity contribution in [2.24, 2.45) is 0 Å². The molecule has 6 nitrogen and oxygen atoms in total. The van der Waals surface area contributed by atoms with Crippen LogP contribution in [0.2, 0.25) is 0 Å². The number of carbonyl (C=O) groups is 3. The number of carboxylic acid groups (broad SMARTS) is 2. The second-order valence-electron chi connectivity index (χ2n) is 4.10. The summed E-state index contributed by atoms with van der Waals surface area (Å²) >= 11 is 0. The van der Waals surface area contributed by atoms with Crippen LogP contribution in [0, 0.1) is 20.8 Å². The maximum atomic E-state index is 11.7. The first-order chi connectivity index (χ1) is 8.73. The summed E-state index contributed by atoms with van der Waals surface area (Å²) in [5, 5.41) is 18.4. The molecule has 0 fully saturated rings. The van der Waals surface area contributed by atoms with Gasteiger partial charge in [0.15, 0.2) is 0 Å². The van der Waals surface area contributed by atoms with E-state index in [2.05, 4.69) is 4.74 Å².